The van der Waals surface area contributed by atoms with E-state index >= 15 is 0 Å². The Kier molecular flexibility index (Phi) is 7.50. The molecule has 6 nitrogen and oxygen atoms in total. The fraction of sp³-hybridized carbons (Fsp3) is 0.375. The molecule has 3 aromatic rings. The second-order valence-corrected chi connectivity index (χ2v) is 7.90. The van der Waals surface area contributed by atoms with Gasteiger partial charge in [0, 0.05) is 56.4 Å². The standard InChI is InChI=1S/C24H30N6/c1-4-10-25-19(7-1)16-28-22-13-23(29-17-20-8-2-5-11-26-20)15-24(14-22)30-18-21-9-3-6-12-27-21/h1-12,22-24,28-30H,13-18H2. The van der Waals surface area contributed by atoms with E-state index in [-0.39, 0.29) is 0 Å². The van der Waals surface area contributed by atoms with E-state index in [0.717, 1.165) is 56.0 Å². The highest BCUT2D eigenvalue weighted by Gasteiger charge is 2.28. The minimum atomic E-state index is 0.434. The number of rotatable bonds is 9. The lowest BCUT2D eigenvalue weighted by atomic mass is 9.86. The van der Waals surface area contributed by atoms with Gasteiger partial charge in [-0.05, 0) is 55.7 Å². The molecule has 0 amide bonds. The summed E-state index contributed by atoms with van der Waals surface area (Å²) in [5.74, 6) is 0. The van der Waals surface area contributed by atoms with Gasteiger partial charge in [-0.15, -0.1) is 0 Å². The van der Waals surface area contributed by atoms with Crippen molar-refractivity contribution in [3.8, 4) is 0 Å². The third kappa shape index (κ3) is 6.42. The van der Waals surface area contributed by atoms with Gasteiger partial charge in [-0.1, -0.05) is 18.2 Å². The predicted molar refractivity (Wildman–Crippen MR) is 118 cm³/mol. The van der Waals surface area contributed by atoms with Crippen LogP contribution in [0.4, 0.5) is 0 Å². The first-order valence-corrected chi connectivity index (χ1v) is 10.7. The Hall–Kier alpha value is -2.67. The van der Waals surface area contributed by atoms with Gasteiger partial charge >= 0.3 is 0 Å². The van der Waals surface area contributed by atoms with E-state index in [2.05, 4.69) is 49.1 Å². The number of pyridine rings is 3. The fourth-order valence-corrected chi connectivity index (χ4v) is 4.07. The molecule has 1 aliphatic carbocycles. The maximum Gasteiger partial charge on any atom is 0.0541 e. The fourth-order valence-electron chi connectivity index (χ4n) is 4.07. The Morgan fingerprint density at radius 2 is 0.867 bits per heavy atom. The first-order valence-electron chi connectivity index (χ1n) is 10.7. The molecule has 0 atom stereocenters. The molecule has 3 aromatic heterocycles. The molecule has 6 heteroatoms. The lowest BCUT2D eigenvalue weighted by molar-refractivity contribution is 0.245. The molecule has 0 spiro atoms. The highest BCUT2D eigenvalue weighted by Crippen LogP contribution is 2.21. The summed E-state index contributed by atoms with van der Waals surface area (Å²) in [5, 5.41) is 11.2. The van der Waals surface area contributed by atoms with Gasteiger partial charge in [-0.25, -0.2) is 0 Å². The van der Waals surface area contributed by atoms with Gasteiger partial charge in [0.25, 0.3) is 0 Å². The second-order valence-electron chi connectivity index (χ2n) is 7.90. The Morgan fingerprint density at radius 1 is 0.533 bits per heavy atom. The van der Waals surface area contributed by atoms with E-state index in [1.54, 1.807) is 0 Å². The van der Waals surface area contributed by atoms with Crippen LogP contribution in [0.1, 0.15) is 36.3 Å². The van der Waals surface area contributed by atoms with Crippen LogP contribution in [-0.2, 0) is 19.6 Å². The van der Waals surface area contributed by atoms with Crippen LogP contribution in [0.2, 0.25) is 0 Å². The Morgan fingerprint density at radius 3 is 1.13 bits per heavy atom. The molecule has 3 N–H and O–H groups in total. The second kappa shape index (κ2) is 10.9. The lowest BCUT2D eigenvalue weighted by Gasteiger charge is -2.36. The minimum absolute atomic E-state index is 0.434. The average Bonchev–Trinajstić information content (AvgIpc) is 2.82. The van der Waals surface area contributed by atoms with E-state index in [1.807, 2.05) is 55.0 Å². The lowest BCUT2D eigenvalue weighted by Crippen LogP contribution is -2.50. The molecule has 4 rings (SSSR count). The van der Waals surface area contributed by atoms with Gasteiger partial charge in [0.1, 0.15) is 0 Å². The van der Waals surface area contributed by atoms with Crippen molar-refractivity contribution < 1.29 is 0 Å². The van der Waals surface area contributed by atoms with Gasteiger partial charge in [-0.3, -0.25) is 15.0 Å². The molecule has 156 valence electrons. The maximum absolute atomic E-state index is 4.44. The van der Waals surface area contributed by atoms with Crippen molar-refractivity contribution in [1.29, 1.82) is 0 Å². The molecule has 1 fully saturated rings. The number of nitrogens with one attached hydrogen (secondary N) is 3. The minimum Gasteiger partial charge on any atom is -0.308 e. The summed E-state index contributed by atoms with van der Waals surface area (Å²) in [6, 6.07) is 19.5. The zero-order chi connectivity index (χ0) is 20.4. The Labute approximate surface area is 178 Å². The monoisotopic (exact) mass is 402 g/mol. The highest BCUT2D eigenvalue weighted by molar-refractivity contribution is 5.06. The molecule has 0 aromatic carbocycles. The van der Waals surface area contributed by atoms with Crippen molar-refractivity contribution in [2.45, 2.75) is 57.0 Å². The van der Waals surface area contributed by atoms with Gasteiger partial charge in [0.05, 0.1) is 17.1 Å². The molecule has 0 unspecified atom stereocenters. The molecular weight excluding hydrogens is 372 g/mol. The van der Waals surface area contributed by atoms with E-state index in [4.69, 9.17) is 0 Å². The molecule has 1 aliphatic rings. The summed E-state index contributed by atoms with van der Waals surface area (Å²) < 4.78 is 0. The Balaban J connectivity index is 1.34. The van der Waals surface area contributed by atoms with Crippen molar-refractivity contribution in [3.05, 3.63) is 90.3 Å². The summed E-state index contributed by atoms with van der Waals surface area (Å²) in [6.45, 7) is 2.39. The quantitative estimate of drug-likeness (QED) is 0.511. The van der Waals surface area contributed by atoms with Crippen molar-refractivity contribution in [3.63, 3.8) is 0 Å². The van der Waals surface area contributed by atoms with Crippen LogP contribution in [0.15, 0.2) is 73.2 Å². The van der Waals surface area contributed by atoms with Crippen molar-refractivity contribution in [2.24, 2.45) is 0 Å². The summed E-state index contributed by atoms with van der Waals surface area (Å²) in [5.41, 5.74) is 3.25. The van der Waals surface area contributed by atoms with E-state index in [1.165, 1.54) is 0 Å². The van der Waals surface area contributed by atoms with E-state index in [0.29, 0.717) is 18.1 Å². The molecule has 0 aliphatic heterocycles. The average molecular weight is 403 g/mol. The number of nitrogens with zero attached hydrogens (tertiary/aromatic N) is 3. The van der Waals surface area contributed by atoms with E-state index < -0.39 is 0 Å². The van der Waals surface area contributed by atoms with Crippen molar-refractivity contribution in [2.75, 3.05) is 0 Å². The number of aromatic nitrogens is 3. The Bertz CT molecular complexity index is 735. The van der Waals surface area contributed by atoms with Crippen LogP contribution in [0, 0.1) is 0 Å². The van der Waals surface area contributed by atoms with Crippen LogP contribution in [0.3, 0.4) is 0 Å². The topological polar surface area (TPSA) is 74.8 Å². The van der Waals surface area contributed by atoms with Crippen LogP contribution in [0.5, 0.6) is 0 Å². The molecule has 1 saturated carbocycles. The predicted octanol–water partition coefficient (Wildman–Crippen LogP) is 2.83. The maximum atomic E-state index is 4.44. The van der Waals surface area contributed by atoms with Gasteiger partial charge < -0.3 is 16.0 Å². The summed E-state index contributed by atoms with van der Waals surface area (Å²) >= 11 is 0. The molecular formula is C24H30N6. The number of hydrogen-bond acceptors (Lipinski definition) is 6. The normalized spacial score (nSPS) is 21.4. The molecule has 0 radical (unpaired) electrons. The summed E-state index contributed by atoms with van der Waals surface area (Å²) in [7, 11) is 0. The molecule has 30 heavy (non-hydrogen) atoms. The van der Waals surface area contributed by atoms with Crippen LogP contribution in [0.25, 0.3) is 0 Å². The zero-order valence-electron chi connectivity index (χ0n) is 17.2. The summed E-state index contributed by atoms with van der Waals surface area (Å²) in [4.78, 5) is 13.3. The third-order valence-corrected chi connectivity index (χ3v) is 5.60. The highest BCUT2D eigenvalue weighted by atomic mass is 15.0. The van der Waals surface area contributed by atoms with E-state index in [9.17, 15) is 0 Å². The van der Waals surface area contributed by atoms with Crippen LogP contribution < -0.4 is 16.0 Å². The van der Waals surface area contributed by atoms with Crippen LogP contribution >= 0.6 is 0 Å². The first kappa shape index (κ1) is 20.6. The largest absolute Gasteiger partial charge is 0.308 e. The first-order chi connectivity index (χ1) is 14.8. The van der Waals surface area contributed by atoms with Crippen molar-refractivity contribution >= 4 is 0 Å². The molecule has 3 heterocycles. The molecule has 0 bridgehead atoms. The number of hydrogen-bond donors (Lipinski definition) is 3. The van der Waals surface area contributed by atoms with Gasteiger partial charge in [-0.2, -0.15) is 0 Å². The SMILES string of the molecule is c1ccc(CNC2C[C@H](NCc3ccccn3)C[C@H](NCc3ccccn3)C2)nc1. The van der Waals surface area contributed by atoms with Gasteiger partial charge in [0.2, 0.25) is 0 Å². The zero-order valence-corrected chi connectivity index (χ0v) is 17.2. The molecule has 0 saturated heterocycles. The summed E-state index contributed by atoms with van der Waals surface area (Å²) in [6.07, 6.45) is 8.86. The smallest absolute Gasteiger partial charge is 0.0541 e. The van der Waals surface area contributed by atoms with Crippen LogP contribution in [-0.4, -0.2) is 33.1 Å². The van der Waals surface area contributed by atoms with Crippen molar-refractivity contribution in [1.82, 2.24) is 30.9 Å². The van der Waals surface area contributed by atoms with Gasteiger partial charge in [0.15, 0.2) is 0 Å². The third-order valence-electron chi connectivity index (χ3n) is 5.60.